The largest absolute Gasteiger partial charge is 0.368 e. The minimum absolute atomic E-state index is 0.0101. The van der Waals surface area contributed by atoms with Gasteiger partial charge in [-0.25, -0.2) is 0 Å². The van der Waals surface area contributed by atoms with Gasteiger partial charge in [0.05, 0.1) is 10.4 Å². The third-order valence-electron chi connectivity index (χ3n) is 4.43. The average Bonchev–Trinajstić information content (AvgIpc) is 2.82. The van der Waals surface area contributed by atoms with Crippen LogP contribution in [0.4, 0.5) is 0 Å². The van der Waals surface area contributed by atoms with Crippen LogP contribution in [0.2, 0.25) is 4.34 Å². The van der Waals surface area contributed by atoms with Crippen LogP contribution in [0.25, 0.3) is 0 Å². The van der Waals surface area contributed by atoms with E-state index in [4.69, 9.17) is 22.1 Å². The van der Waals surface area contributed by atoms with Crippen molar-refractivity contribution in [2.45, 2.75) is 52.2 Å². The zero-order valence-corrected chi connectivity index (χ0v) is 14.2. The van der Waals surface area contributed by atoms with Gasteiger partial charge in [0.1, 0.15) is 6.10 Å². The molecule has 114 valence electrons. The maximum absolute atomic E-state index is 6.41. The van der Waals surface area contributed by atoms with E-state index in [9.17, 15) is 0 Å². The van der Waals surface area contributed by atoms with Crippen molar-refractivity contribution < 1.29 is 4.74 Å². The molecule has 1 aromatic heterocycles. The highest BCUT2D eigenvalue weighted by Gasteiger charge is 2.33. The van der Waals surface area contributed by atoms with Crippen molar-refractivity contribution in [1.29, 1.82) is 0 Å². The van der Waals surface area contributed by atoms with Crippen molar-refractivity contribution in [3.63, 3.8) is 0 Å². The van der Waals surface area contributed by atoms with Crippen LogP contribution in [0, 0.1) is 17.8 Å². The number of hydrogen-bond acceptors (Lipinski definition) is 3. The maximum Gasteiger partial charge on any atom is 0.104 e. The number of hydrogen-bond donors (Lipinski definition) is 1. The molecule has 2 N–H and O–H groups in total. The summed E-state index contributed by atoms with van der Waals surface area (Å²) in [4.78, 5) is 1.15. The summed E-state index contributed by atoms with van der Waals surface area (Å²) < 4.78 is 7.22. The molecule has 1 aliphatic carbocycles. The summed E-state index contributed by atoms with van der Waals surface area (Å²) in [5.74, 6) is 2.06. The lowest BCUT2D eigenvalue weighted by atomic mass is 9.75. The Morgan fingerprint density at radius 3 is 2.70 bits per heavy atom. The van der Waals surface area contributed by atoms with Gasteiger partial charge in [0.25, 0.3) is 0 Å². The van der Waals surface area contributed by atoms with Crippen molar-refractivity contribution in [2.75, 3.05) is 6.54 Å². The number of rotatable bonds is 5. The molecule has 0 spiro atoms. The van der Waals surface area contributed by atoms with Gasteiger partial charge in [0.15, 0.2) is 0 Å². The summed E-state index contributed by atoms with van der Waals surface area (Å²) in [7, 11) is 0. The van der Waals surface area contributed by atoms with Gasteiger partial charge in [0, 0.05) is 11.4 Å². The van der Waals surface area contributed by atoms with Crippen LogP contribution >= 0.6 is 22.9 Å². The van der Waals surface area contributed by atoms with Gasteiger partial charge in [-0.15, -0.1) is 11.3 Å². The van der Waals surface area contributed by atoms with Crippen molar-refractivity contribution >= 4 is 22.9 Å². The number of nitrogens with two attached hydrogens (primary N) is 1. The first-order chi connectivity index (χ1) is 9.51. The molecule has 0 bridgehead atoms. The molecule has 1 aromatic rings. The topological polar surface area (TPSA) is 35.2 Å². The van der Waals surface area contributed by atoms with E-state index in [-0.39, 0.29) is 6.10 Å². The first-order valence-electron chi connectivity index (χ1n) is 7.62. The van der Waals surface area contributed by atoms with E-state index in [0.717, 1.165) is 21.6 Å². The van der Waals surface area contributed by atoms with Gasteiger partial charge in [-0.05, 0) is 42.7 Å². The van der Waals surface area contributed by atoms with Crippen LogP contribution in [0.5, 0.6) is 0 Å². The summed E-state index contributed by atoms with van der Waals surface area (Å²) in [5, 5.41) is 0. The highest BCUT2D eigenvalue weighted by atomic mass is 35.5. The van der Waals surface area contributed by atoms with Crippen molar-refractivity contribution in [3.8, 4) is 0 Å². The Hall–Kier alpha value is -0.0900. The molecule has 1 heterocycles. The van der Waals surface area contributed by atoms with E-state index in [1.807, 2.05) is 12.1 Å². The Morgan fingerprint density at radius 2 is 2.15 bits per heavy atom. The minimum Gasteiger partial charge on any atom is -0.368 e. The summed E-state index contributed by atoms with van der Waals surface area (Å²) in [6.07, 6.45) is 4.06. The lowest BCUT2D eigenvalue weighted by Crippen LogP contribution is -2.36. The fourth-order valence-electron chi connectivity index (χ4n) is 3.22. The Kier molecular flexibility index (Phi) is 5.91. The van der Waals surface area contributed by atoms with Crippen LogP contribution in [0.1, 0.15) is 51.0 Å². The Morgan fingerprint density at radius 1 is 1.40 bits per heavy atom. The van der Waals surface area contributed by atoms with Gasteiger partial charge < -0.3 is 10.5 Å². The van der Waals surface area contributed by atoms with E-state index >= 15 is 0 Å². The van der Waals surface area contributed by atoms with Gasteiger partial charge >= 0.3 is 0 Å². The maximum atomic E-state index is 6.41. The highest BCUT2D eigenvalue weighted by Crippen LogP contribution is 2.38. The predicted molar refractivity (Wildman–Crippen MR) is 87.3 cm³/mol. The molecule has 1 saturated carbocycles. The molecule has 4 heteroatoms. The molecule has 0 aliphatic heterocycles. The molecule has 2 rings (SSSR count). The quantitative estimate of drug-likeness (QED) is 0.840. The van der Waals surface area contributed by atoms with Crippen molar-refractivity contribution in [3.05, 3.63) is 21.3 Å². The summed E-state index contributed by atoms with van der Waals surface area (Å²) in [6.45, 7) is 7.45. The minimum atomic E-state index is -0.0101. The third-order valence-corrected chi connectivity index (χ3v) is 5.75. The molecular weight excluding hydrogens is 290 g/mol. The van der Waals surface area contributed by atoms with Gasteiger partial charge in [-0.2, -0.15) is 0 Å². The van der Waals surface area contributed by atoms with Gasteiger partial charge in [-0.3, -0.25) is 0 Å². The van der Waals surface area contributed by atoms with Gasteiger partial charge in [0.2, 0.25) is 0 Å². The molecule has 1 aliphatic rings. The van der Waals surface area contributed by atoms with Crippen molar-refractivity contribution in [1.82, 2.24) is 0 Å². The Balaban J connectivity index is 2.07. The first-order valence-corrected chi connectivity index (χ1v) is 8.81. The van der Waals surface area contributed by atoms with E-state index in [2.05, 4.69) is 20.8 Å². The Labute approximate surface area is 131 Å². The smallest absolute Gasteiger partial charge is 0.104 e. The first kappa shape index (κ1) is 16.3. The second-order valence-corrected chi connectivity index (χ2v) is 8.11. The zero-order chi connectivity index (χ0) is 14.7. The molecular formula is C16H26ClNOS. The summed E-state index contributed by atoms with van der Waals surface area (Å²) in [5.41, 5.74) is 5.93. The summed E-state index contributed by atoms with van der Waals surface area (Å²) in [6, 6.07) is 3.97. The van der Waals surface area contributed by atoms with Crippen LogP contribution in [-0.2, 0) is 4.74 Å². The average molecular weight is 316 g/mol. The monoisotopic (exact) mass is 315 g/mol. The third kappa shape index (κ3) is 3.97. The van der Waals surface area contributed by atoms with Crippen LogP contribution in [-0.4, -0.2) is 12.6 Å². The highest BCUT2D eigenvalue weighted by molar-refractivity contribution is 7.16. The van der Waals surface area contributed by atoms with Crippen LogP contribution < -0.4 is 5.73 Å². The predicted octanol–water partition coefficient (Wildman–Crippen LogP) is 4.88. The molecule has 20 heavy (non-hydrogen) atoms. The van der Waals surface area contributed by atoms with E-state index in [0.29, 0.717) is 24.5 Å². The van der Waals surface area contributed by atoms with Crippen molar-refractivity contribution in [2.24, 2.45) is 23.5 Å². The SMILES string of the molecule is CC1CCC(C(C)C)C(OC(CN)c2ccc(Cl)s2)C1. The normalized spacial score (nSPS) is 28.8. The van der Waals surface area contributed by atoms with Gasteiger partial charge in [-0.1, -0.05) is 38.8 Å². The number of ether oxygens (including phenoxy) is 1. The van der Waals surface area contributed by atoms with Crippen LogP contribution in [0.3, 0.4) is 0 Å². The lowest BCUT2D eigenvalue weighted by Gasteiger charge is -2.38. The molecule has 0 aromatic carbocycles. The van der Waals surface area contributed by atoms with E-state index < -0.39 is 0 Å². The number of thiophene rings is 1. The fourth-order valence-corrected chi connectivity index (χ4v) is 4.33. The molecule has 0 radical (unpaired) electrons. The van der Waals surface area contributed by atoms with E-state index in [1.54, 1.807) is 11.3 Å². The Bertz CT molecular complexity index is 420. The number of halogens is 1. The molecule has 4 atom stereocenters. The second kappa shape index (κ2) is 7.26. The summed E-state index contributed by atoms with van der Waals surface area (Å²) >= 11 is 7.61. The fraction of sp³-hybridized carbons (Fsp3) is 0.750. The second-order valence-electron chi connectivity index (χ2n) is 6.37. The zero-order valence-electron chi connectivity index (χ0n) is 12.6. The molecule has 1 fully saturated rings. The molecule has 2 nitrogen and oxygen atoms in total. The molecule has 4 unspecified atom stereocenters. The molecule has 0 amide bonds. The van der Waals surface area contributed by atoms with Crippen LogP contribution in [0.15, 0.2) is 12.1 Å². The van der Waals surface area contributed by atoms with E-state index in [1.165, 1.54) is 12.8 Å². The molecule has 0 saturated heterocycles. The lowest BCUT2D eigenvalue weighted by molar-refractivity contribution is -0.0774. The standard InChI is InChI=1S/C16H26ClNOS/c1-10(2)12-5-4-11(3)8-13(12)19-14(9-18)15-6-7-16(17)20-15/h6-7,10-14H,4-5,8-9,18H2,1-3H3.